The van der Waals surface area contributed by atoms with Crippen molar-refractivity contribution in [3.05, 3.63) is 78.9 Å². The smallest absolute Gasteiger partial charge is 0.139 e. The van der Waals surface area contributed by atoms with Crippen molar-refractivity contribution in [3.8, 4) is 11.3 Å². The molecule has 9 heteroatoms. The van der Waals surface area contributed by atoms with E-state index in [2.05, 4.69) is 85.7 Å². The van der Waals surface area contributed by atoms with E-state index in [1.807, 2.05) is 31.3 Å². The van der Waals surface area contributed by atoms with Gasteiger partial charge in [0.05, 0.1) is 29.5 Å². The molecule has 0 bridgehead atoms. The second kappa shape index (κ2) is 9.77. The molecular formula is C28H29N9. The van der Waals surface area contributed by atoms with Crippen LogP contribution in [0.4, 0.5) is 28.8 Å². The van der Waals surface area contributed by atoms with Crippen LogP contribution in [0.25, 0.3) is 22.0 Å². The summed E-state index contributed by atoms with van der Waals surface area (Å²) >= 11 is 0. The first-order valence-electron chi connectivity index (χ1n) is 12.0. The van der Waals surface area contributed by atoms with Crippen LogP contribution in [0.1, 0.15) is 32.2 Å². The predicted molar refractivity (Wildman–Crippen MR) is 149 cm³/mol. The van der Waals surface area contributed by atoms with Crippen LogP contribution in [0.5, 0.6) is 0 Å². The average Bonchev–Trinajstić information content (AvgIpc) is 2.90. The van der Waals surface area contributed by atoms with Crippen molar-refractivity contribution >= 4 is 39.6 Å². The Labute approximate surface area is 215 Å². The van der Waals surface area contributed by atoms with Gasteiger partial charge in [0.1, 0.15) is 29.6 Å². The second-order valence-electron chi connectivity index (χ2n) is 9.75. The molecule has 0 saturated carbocycles. The molecule has 1 aromatic carbocycles. The molecule has 186 valence electrons. The fourth-order valence-corrected chi connectivity index (χ4v) is 4.02. The maximum Gasteiger partial charge on any atom is 0.139 e. The quantitative estimate of drug-likeness (QED) is 0.263. The lowest BCUT2D eigenvalue weighted by Gasteiger charge is -2.18. The number of benzene rings is 1. The molecule has 4 heterocycles. The van der Waals surface area contributed by atoms with Gasteiger partial charge < -0.3 is 16.0 Å². The predicted octanol–water partition coefficient (Wildman–Crippen LogP) is 6.01. The number of hydrogen-bond donors (Lipinski definition) is 3. The summed E-state index contributed by atoms with van der Waals surface area (Å²) in [7, 11) is 1.83. The largest absolute Gasteiger partial charge is 0.373 e. The van der Waals surface area contributed by atoms with Gasteiger partial charge in [-0.05, 0) is 30.7 Å². The zero-order chi connectivity index (χ0) is 26.0. The number of pyridine rings is 2. The lowest BCUT2D eigenvalue weighted by Crippen LogP contribution is -2.15. The van der Waals surface area contributed by atoms with Gasteiger partial charge in [-0.25, -0.2) is 29.9 Å². The monoisotopic (exact) mass is 491 g/mol. The highest BCUT2D eigenvalue weighted by Gasteiger charge is 2.17. The third kappa shape index (κ3) is 5.02. The van der Waals surface area contributed by atoms with Crippen molar-refractivity contribution in [1.82, 2.24) is 29.9 Å². The molecular weight excluding hydrogens is 462 g/mol. The summed E-state index contributed by atoms with van der Waals surface area (Å²) in [5, 5.41) is 12.0. The molecule has 0 aliphatic heterocycles. The van der Waals surface area contributed by atoms with Gasteiger partial charge in [-0.15, -0.1) is 0 Å². The number of hydrogen-bond acceptors (Lipinski definition) is 9. The Balaban J connectivity index is 1.52. The SMILES string of the molecule is CNc1cc(-c2cccnc2Nc2c(C)ccc3c(Nc4cnc(C(C)(C)C)nc4)nccc23)ncn1. The molecule has 0 radical (unpaired) electrons. The lowest BCUT2D eigenvalue weighted by atomic mass is 9.96. The number of aryl methyl sites for hydroxylation is 1. The van der Waals surface area contributed by atoms with Crippen LogP contribution < -0.4 is 16.0 Å². The highest BCUT2D eigenvalue weighted by molar-refractivity contribution is 6.03. The summed E-state index contributed by atoms with van der Waals surface area (Å²) in [5.41, 5.74) is 4.35. The zero-order valence-corrected chi connectivity index (χ0v) is 21.5. The topological polar surface area (TPSA) is 113 Å². The van der Waals surface area contributed by atoms with Crippen molar-refractivity contribution in [2.75, 3.05) is 23.0 Å². The van der Waals surface area contributed by atoms with Crippen LogP contribution in [-0.4, -0.2) is 37.0 Å². The molecule has 0 aliphatic rings. The molecule has 3 N–H and O–H groups in total. The number of nitrogens with one attached hydrogen (secondary N) is 3. The first kappa shape index (κ1) is 24.1. The van der Waals surface area contributed by atoms with Crippen molar-refractivity contribution in [1.29, 1.82) is 0 Å². The first-order valence-corrected chi connectivity index (χ1v) is 12.0. The highest BCUT2D eigenvalue weighted by atomic mass is 15.0. The Morgan fingerprint density at radius 1 is 0.757 bits per heavy atom. The third-order valence-electron chi connectivity index (χ3n) is 5.99. The van der Waals surface area contributed by atoms with E-state index in [4.69, 9.17) is 0 Å². The molecule has 0 spiro atoms. The standard InChI is InChI=1S/C28H29N9/c1-17-8-9-20-19(10-12-31-25(20)36-18-14-32-27(33-15-18)28(2,3)4)24(17)37-26-21(7-6-11-30-26)22-13-23(29-5)35-16-34-22/h6-16H,1-5H3,(H,30,37)(H,31,36)(H,29,34,35). The molecule has 5 rings (SSSR count). The Bertz CT molecular complexity index is 1560. The first-order chi connectivity index (χ1) is 17.8. The van der Waals surface area contributed by atoms with Crippen LogP contribution >= 0.6 is 0 Å². The summed E-state index contributed by atoms with van der Waals surface area (Å²) in [6, 6.07) is 11.9. The number of nitrogens with zero attached hydrogens (tertiary/aromatic N) is 6. The zero-order valence-electron chi connectivity index (χ0n) is 21.5. The Hall–Kier alpha value is -4.66. The van der Waals surface area contributed by atoms with E-state index in [0.29, 0.717) is 5.82 Å². The number of rotatable bonds is 6. The van der Waals surface area contributed by atoms with E-state index in [1.165, 1.54) is 0 Å². The molecule has 0 unspecified atom stereocenters. The molecule has 0 fully saturated rings. The van der Waals surface area contributed by atoms with Gasteiger partial charge in [-0.2, -0.15) is 0 Å². The van der Waals surface area contributed by atoms with E-state index < -0.39 is 0 Å². The van der Waals surface area contributed by atoms with E-state index in [-0.39, 0.29) is 5.41 Å². The lowest BCUT2D eigenvalue weighted by molar-refractivity contribution is 0.545. The van der Waals surface area contributed by atoms with E-state index in [9.17, 15) is 0 Å². The van der Waals surface area contributed by atoms with Crippen LogP contribution in [0.15, 0.2) is 67.5 Å². The van der Waals surface area contributed by atoms with Gasteiger partial charge in [-0.3, -0.25) is 0 Å². The van der Waals surface area contributed by atoms with E-state index >= 15 is 0 Å². The van der Waals surface area contributed by atoms with Crippen molar-refractivity contribution in [2.45, 2.75) is 33.1 Å². The van der Waals surface area contributed by atoms with Crippen molar-refractivity contribution in [3.63, 3.8) is 0 Å². The molecule has 9 nitrogen and oxygen atoms in total. The normalized spacial score (nSPS) is 11.4. The van der Waals surface area contributed by atoms with Gasteiger partial charge in [0, 0.05) is 47.3 Å². The van der Waals surface area contributed by atoms with Crippen LogP contribution in [0, 0.1) is 6.92 Å². The second-order valence-corrected chi connectivity index (χ2v) is 9.75. The van der Waals surface area contributed by atoms with Crippen molar-refractivity contribution in [2.24, 2.45) is 0 Å². The molecule has 37 heavy (non-hydrogen) atoms. The van der Waals surface area contributed by atoms with E-state index in [1.54, 1.807) is 31.1 Å². The van der Waals surface area contributed by atoms with Gasteiger partial charge in [0.2, 0.25) is 0 Å². The molecule has 5 aromatic rings. The summed E-state index contributed by atoms with van der Waals surface area (Å²) in [5.74, 6) is 2.96. The average molecular weight is 492 g/mol. The van der Waals surface area contributed by atoms with Crippen molar-refractivity contribution < 1.29 is 0 Å². The minimum absolute atomic E-state index is 0.112. The molecule has 4 aromatic heterocycles. The molecule has 0 atom stereocenters. The van der Waals surface area contributed by atoms with Gasteiger partial charge in [0.15, 0.2) is 0 Å². The van der Waals surface area contributed by atoms with E-state index in [0.717, 1.165) is 56.4 Å². The van der Waals surface area contributed by atoms with Crippen LogP contribution in [0.3, 0.4) is 0 Å². The highest BCUT2D eigenvalue weighted by Crippen LogP contribution is 2.35. The van der Waals surface area contributed by atoms with Gasteiger partial charge in [-0.1, -0.05) is 32.9 Å². The third-order valence-corrected chi connectivity index (χ3v) is 5.99. The fourth-order valence-electron chi connectivity index (χ4n) is 4.02. The Kier molecular flexibility index (Phi) is 6.35. The maximum atomic E-state index is 4.63. The maximum absolute atomic E-state index is 4.63. The molecule has 0 saturated heterocycles. The number of anilines is 5. The van der Waals surface area contributed by atoms with Crippen LogP contribution in [0.2, 0.25) is 0 Å². The summed E-state index contributed by atoms with van der Waals surface area (Å²) in [4.78, 5) is 27.0. The fraction of sp³-hybridized carbons (Fsp3) is 0.214. The number of aromatic nitrogens is 6. The minimum atomic E-state index is -0.112. The van der Waals surface area contributed by atoms with Crippen LogP contribution in [-0.2, 0) is 5.41 Å². The number of fused-ring (bicyclic) bond motifs is 1. The molecule has 0 aliphatic carbocycles. The van der Waals surface area contributed by atoms with Gasteiger partial charge >= 0.3 is 0 Å². The summed E-state index contributed by atoms with van der Waals surface area (Å²) in [6.45, 7) is 8.35. The molecule has 0 amide bonds. The summed E-state index contributed by atoms with van der Waals surface area (Å²) < 4.78 is 0. The Morgan fingerprint density at radius 3 is 2.30 bits per heavy atom. The Morgan fingerprint density at radius 2 is 1.54 bits per heavy atom. The summed E-state index contributed by atoms with van der Waals surface area (Å²) in [6.07, 6.45) is 8.69. The minimum Gasteiger partial charge on any atom is -0.373 e. The van der Waals surface area contributed by atoms with Gasteiger partial charge in [0.25, 0.3) is 0 Å².